The fourth-order valence-corrected chi connectivity index (χ4v) is 3.26. The Bertz CT molecular complexity index is 329. The van der Waals surface area contributed by atoms with Crippen molar-refractivity contribution in [3.63, 3.8) is 0 Å². The van der Waals surface area contributed by atoms with Crippen LogP contribution in [-0.4, -0.2) is 34.2 Å². The summed E-state index contributed by atoms with van der Waals surface area (Å²) in [5.74, 6) is 4.27. The molecular weight excluding hydrogens is 222 g/mol. The van der Waals surface area contributed by atoms with Crippen molar-refractivity contribution >= 4 is 11.8 Å². The van der Waals surface area contributed by atoms with E-state index in [1.807, 2.05) is 18.7 Å². The van der Waals surface area contributed by atoms with E-state index in [9.17, 15) is 0 Å². The largest absolute Gasteiger partial charge is 0.339 e. The number of nitrogens with one attached hydrogen (secondary N) is 1. The van der Waals surface area contributed by atoms with Gasteiger partial charge in [-0.2, -0.15) is 16.7 Å². The summed E-state index contributed by atoms with van der Waals surface area (Å²) in [5, 5.41) is 7.53. The zero-order chi connectivity index (χ0) is 11.4. The van der Waals surface area contributed by atoms with Gasteiger partial charge in [0.1, 0.15) is 0 Å². The number of nitrogens with zero attached hydrogens (tertiary/aromatic N) is 2. The maximum absolute atomic E-state index is 5.34. The Kier molecular flexibility index (Phi) is 4.23. The van der Waals surface area contributed by atoms with Gasteiger partial charge in [-0.25, -0.2) is 0 Å². The van der Waals surface area contributed by atoms with Crippen molar-refractivity contribution in [3.8, 4) is 0 Å². The molecule has 0 aliphatic carbocycles. The average Bonchev–Trinajstić information content (AvgIpc) is 2.94. The predicted molar refractivity (Wildman–Crippen MR) is 65.8 cm³/mol. The monoisotopic (exact) mass is 241 g/mol. The molecule has 1 saturated heterocycles. The van der Waals surface area contributed by atoms with Gasteiger partial charge in [-0.15, -0.1) is 0 Å². The lowest BCUT2D eigenvalue weighted by Crippen LogP contribution is -2.34. The molecule has 16 heavy (non-hydrogen) atoms. The van der Waals surface area contributed by atoms with Gasteiger partial charge in [-0.3, -0.25) is 0 Å². The fraction of sp³-hybridized carbons (Fsp3) is 0.818. The number of aromatic nitrogens is 2. The van der Waals surface area contributed by atoms with Gasteiger partial charge in [0.05, 0.1) is 5.92 Å². The summed E-state index contributed by atoms with van der Waals surface area (Å²) in [7, 11) is 0. The zero-order valence-corrected chi connectivity index (χ0v) is 10.7. The molecular formula is C11H19N3OS. The van der Waals surface area contributed by atoms with Crippen LogP contribution < -0.4 is 5.32 Å². The van der Waals surface area contributed by atoms with Crippen LogP contribution in [0.3, 0.4) is 0 Å². The summed E-state index contributed by atoms with van der Waals surface area (Å²) < 4.78 is 5.34. The molecule has 2 atom stereocenters. The number of hydrogen-bond acceptors (Lipinski definition) is 5. The fourth-order valence-electron chi connectivity index (χ4n) is 1.89. The van der Waals surface area contributed by atoms with Gasteiger partial charge in [0.2, 0.25) is 5.89 Å². The molecule has 2 heterocycles. The standard InChI is InChI=1S/C11H19N3OS/c1-3-5-12-9-7-16-6-8(9)11-13-10(4-2)14-15-11/h8-9,12H,3-7H2,1-2H3. The molecule has 0 amide bonds. The molecule has 0 radical (unpaired) electrons. The van der Waals surface area contributed by atoms with E-state index in [4.69, 9.17) is 4.52 Å². The third kappa shape index (κ3) is 2.58. The maximum atomic E-state index is 5.34. The first-order valence-corrected chi connectivity index (χ1v) is 7.14. The van der Waals surface area contributed by atoms with Crippen LogP contribution in [0.5, 0.6) is 0 Å². The minimum Gasteiger partial charge on any atom is -0.339 e. The third-order valence-electron chi connectivity index (χ3n) is 2.85. The maximum Gasteiger partial charge on any atom is 0.232 e. The van der Waals surface area contributed by atoms with Crippen LogP contribution in [0.2, 0.25) is 0 Å². The molecule has 1 aliphatic rings. The molecule has 90 valence electrons. The number of hydrogen-bond donors (Lipinski definition) is 1. The molecule has 1 aromatic heterocycles. The minimum atomic E-state index is 0.393. The quantitative estimate of drug-likeness (QED) is 0.852. The first-order chi connectivity index (χ1) is 7.85. The van der Waals surface area contributed by atoms with Crippen LogP contribution in [0.1, 0.15) is 37.9 Å². The van der Waals surface area contributed by atoms with E-state index in [2.05, 4.69) is 22.4 Å². The predicted octanol–water partition coefficient (Wildman–Crippen LogP) is 1.83. The van der Waals surface area contributed by atoms with E-state index in [0.29, 0.717) is 12.0 Å². The van der Waals surface area contributed by atoms with E-state index in [0.717, 1.165) is 42.6 Å². The number of thioether (sulfide) groups is 1. The van der Waals surface area contributed by atoms with Crippen molar-refractivity contribution in [2.24, 2.45) is 0 Å². The Balaban J connectivity index is 2.01. The van der Waals surface area contributed by atoms with Gasteiger partial charge >= 0.3 is 0 Å². The molecule has 2 rings (SSSR count). The van der Waals surface area contributed by atoms with Crippen molar-refractivity contribution in [2.45, 2.75) is 38.6 Å². The van der Waals surface area contributed by atoms with Crippen molar-refractivity contribution in [3.05, 3.63) is 11.7 Å². The molecule has 0 spiro atoms. The van der Waals surface area contributed by atoms with Gasteiger partial charge in [-0.05, 0) is 13.0 Å². The topological polar surface area (TPSA) is 51.0 Å². The molecule has 1 N–H and O–H groups in total. The minimum absolute atomic E-state index is 0.393. The summed E-state index contributed by atoms with van der Waals surface area (Å²) >= 11 is 1.96. The molecule has 1 fully saturated rings. The number of rotatable bonds is 5. The molecule has 0 bridgehead atoms. The third-order valence-corrected chi connectivity index (χ3v) is 4.04. The van der Waals surface area contributed by atoms with Crippen LogP contribution in [0, 0.1) is 0 Å². The molecule has 0 saturated carbocycles. The van der Waals surface area contributed by atoms with Crippen molar-refractivity contribution in [2.75, 3.05) is 18.1 Å². The molecule has 1 aliphatic heterocycles. The molecule has 0 aromatic carbocycles. The Morgan fingerprint density at radius 3 is 3.00 bits per heavy atom. The van der Waals surface area contributed by atoms with Crippen LogP contribution >= 0.6 is 11.8 Å². The SMILES string of the molecule is CCCNC1CSCC1c1nc(CC)no1. The van der Waals surface area contributed by atoms with Crippen LogP contribution in [0.15, 0.2) is 4.52 Å². The van der Waals surface area contributed by atoms with E-state index in [1.54, 1.807) is 0 Å². The zero-order valence-electron chi connectivity index (χ0n) is 9.90. The van der Waals surface area contributed by atoms with Crippen LogP contribution in [-0.2, 0) is 6.42 Å². The van der Waals surface area contributed by atoms with Gasteiger partial charge in [-0.1, -0.05) is 19.0 Å². The summed E-state index contributed by atoms with van der Waals surface area (Å²) in [4.78, 5) is 4.44. The molecule has 4 nitrogen and oxygen atoms in total. The normalized spacial score (nSPS) is 25.1. The Morgan fingerprint density at radius 2 is 2.31 bits per heavy atom. The lowest BCUT2D eigenvalue weighted by Gasteiger charge is -2.16. The van der Waals surface area contributed by atoms with E-state index in [1.165, 1.54) is 0 Å². The summed E-state index contributed by atoms with van der Waals surface area (Å²) in [6.07, 6.45) is 2.01. The van der Waals surface area contributed by atoms with Crippen molar-refractivity contribution in [1.82, 2.24) is 15.5 Å². The first-order valence-electron chi connectivity index (χ1n) is 5.98. The smallest absolute Gasteiger partial charge is 0.232 e. The second kappa shape index (κ2) is 5.68. The van der Waals surface area contributed by atoms with Crippen molar-refractivity contribution < 1.29 is 4.52 Å². The van der Waals surface area contributed by atoms with Crippen LogP contribution in [0.25, 0.3) is 0 Å². The van der Waals surface area contributed by atoms with E-state index < -0.39 is 0 Å². The highest BCUT2D eigenvalue weighted by atomic mass is 32.2. The molecule has 2 unspecified atom stereocenters. The lowest BCUT2D eigenvalue weighted by molar-refractivity contribution is 0.336. The lowest BCUT2D eigenvalue weighted by atomic mass is 10.0. The van der Waals surface area contributed by atoms with Crippen molar-refractivity contribution in [1.29, 1.82) is 0 Å². The van der Waals surface area contributed by atoms with Crippen LogP contribution in [0.4, 0.5) is 0 Å². The van der Waals surface area contributed by atoms with Gasteiger partial charge in [0, 0.05) is 24.0 Å². The van der Waals surface area contributed by atoms with Gasteiger partial charge in [0.15, 0.2) is 5.82 Å². The second-order valence-corrected chi connectivity index (χ2v) is 5.18. The Morgan fingerprint density at radius 1 is 1.44 bits per heavy atom. The van der Waals surface area contributed by atoms with E-state index in [-0.39, 0.29) is 0 Å². The van der Waals surface area contributed by atoms with Gasteiger partial charge in [0.25, 0.3) is 0 Å². The number of aryl methyl sites for hydroxylation is 1. The highest BCUT2D eigenvalue weighted by Gasteiger charge is 2.32. The molecule has 5 heteroatoms. The average molecular weight is 241 g/mol. The summed E-state index contributed by atoms with van der Waals surface area (Å²) in [6, 6.07) is 0.495. The highest BCUT2D eigenvalue weighted by Crippen LogP contribution is 2.31. The second-order valence-electron chi connectivity index (χ2n) is 4.11. The van der Waals surface area contributed by atoms with Gasteiger partial charge < -0.3 is 9.84 Å². The van der Waals surface area contributed by atoms with E-state index >= 15 is 0 Å². The summed E-state index contributed by atoms with van der Waals surface area (Å²) in [5.41, 5.74) is 0. The first kappa shape index (κ1) is 11.9. The molecule has 1 aromatic rings. The highest BCUT2D eigenvalue weighted by molar-refractivity contribution is 7.99. The Hall–Kier alpha value is -0.550. The Labute approximate surface area is 101 Å². The summed E-state index contributed by atoms with van der Waals surface area (Å²) in [6.45, 7) is 5.30.